The zero-order valence-corrected chi connectivity index (χ0v) is 18.0. The van der Waals surface area contributed by atoms with E-state index in [4.69, 9.17) is 21.1 Å². The maximum atomic E-state index is 5.96. The number of nitrogens with zero attached hydrogens (tertiary/aromatic N) is 1. The molecule has 0 saturated carbocycles. The van der Waals surface area contributed by atoms with Crippen molar-refractivity contribution in [1.82, 2.24) is 10.6 Å². The second kappa shape index (κ2) is 13.5. The molecule has 5 nitrogen and oxygen atoms in total. The van der Waals surface area contributed by atoms with Gasteiger partial charge in [0.2, 0.25) is 0 Å². The lowest BCUT2D eigenvalue weighted by Crippen LogP contribution is -2.38. The van der Waals surface area contributed by atoms with Gasteiger partial charge in [-0.2, -0.15) is 0 Å². The third kappa shape index (κ3) is 9.54. The Hall–Kier alpha value is -0.730. The van der Waals surface area contributed by atoms with Crippen molar-refractivity contribution in [3.05, 3.63) is 28.8 Å². The first-order chi connectivity index (χ1) is 11.1. The van der Waals surface area contributed by atoms with Crippen LogP contribution >= 0.6 is 35.6 Å². The summed E-state index contributed by atoms with van der Waals surface area (Å²) < 4.78 is 10.9. The summed E-state index contributed by atoms with van der Waals surface area (Å²) in [6.45, 7) is 7.17. The molecule has 0 heterocycles. The van der Waals surface area contributed by atoms with Crippen LogP contribution in [0.15, 0.2) is 23.2 Å². The molecule has 0 aliphatic rings. The average Bonchev–Trinajstić information content (AvgIpc) is 2.54. The van der Waals surface area contributed by atoms with Gasteiger partial charge in [-0.1, -0.05) is 31.5 Å². The van der Waals surface area contributed by atoms with Crippen molar-refractivity contribution >= 4 is 41.5 Å². The lowest BCUT2D eigenvalue weighted by molar-refractivity contribution is 0.128. The van der Waals surface area contributed by atoms with Gasteiger partial charge < -0.3 is 20.1 Å². The van der Waals surface area contributed by atoms with Crippen molar-refractivity contribution in [2.75, 3.05) is 33.9 Å². The van der Waals surface area contributed by atoms with Gasteiger partial charge in [-0.15, -0.1) is 24.0 Å². The van der Waals surface area contributed by atoms with Crippen LogP contribution in [0.3, 0.4) is 0 Å². The number of guanidine groups is 1. The summed E-state index contributed by atoms with van der Waals surface area (Å²) in [6, 6.07) is 5.59. The lowest BCUT2D eigenvalue weighted by atomic mass is 10.1. The molecule has 0 unspecified atom stereocenters. The van der Waals surface area contributed by atoms with Crippen LogP contribution in [0.5, 0.6) is 5.75 Å². The van der Waals surface area contributed by atoms with E-state index in [1.165, 1.54) is 0 Å². The fourth-order valence-corrected chi connectivity index (χ4v) is 2.09. The average molecular weight is 470 g/mol. The van der Waals surface area contributed by atoms with Gasteiger partial charge in [-0.3, -0.25) is 4.99 Å². The van der Waals surface area contributed by atoms with Crippen LogP contribution in [0.2, 0.25) is 5.02 Å². The molecule has 2 N–H and O–H groups in total. The molecule has 0 bridgehead atoms. The first kappa shape index (κ1) is 23.3. The zero-order valence-electron chi connectivity index (χ0n) is 14.9. The van der Waals surface area contributed by atoms with Crippen LogP contribution in [-0.2, 0) is 11.3 Å². The summed E-state index contributed by atoms with van der Waals surface area (Å²) in [5, 5.41) is 7.13. The van der Waals surface area contributed by atoms with Crippen molar-refractivity contribution in [2.45, 2.75) is 26.8 Å². The fraction of sp³-hybridized carbons (Fsp3) is 0.588. The van der Waals surface area contributed by atoms with Gasteiger partial charge in [0.15, 0.2) is 5.96 Å². The number of benzene rings is 1. The second-order valence-electron chi connectivity index (χ2n) is 5.60. The number of hydrogen-bond donors (Lipinski definition) is 2. The number of nitrogens with one attached hydrogen (secondary N) is 2. The molecule has 0 aliphatic carbocycles. The molecular weight excluding hydrogens is 441 g/mol. The van der Waals surface area contributed by atoms with Crippen LogP contribution in [0.1, 0.15) is 25.8 Å². The molecule has 0 saturated heterocycles. The van der Waals surface area contributed by atoms with E-state index in [2.05, 4.69) is 29.5 Å². The minimum Gasteiger partial charge on any atom is -0.496 e. The Morgan fingerprint density at radius 1 is 1.25 bits per heavy atom. The molecule has 0 radical (unpaired) electrons. The molecule has 0 fully saturated rings. The van der Waals surface area contributed by atoms with Crippen LogP contribution in [-0.4, -0.2) is 39.9 Å². The Bertz CT molecular complexity index is 499. The van der Waals surface area contributed by atoms with E-state index in [1.54, 1.807) is 20.2 Å². The van der Waals surface area contributed by atoms with Crippen LogP contribution in [0.4, 0.5) is 0 Å². The zero-order chi connectivity index (χ0) is 17.1. The Kier molecular flexibility index (Phi) is 13.1. The van der Waals surface area contributed by atoms with Crippen molar-refractivity contribution in [2.24, 2.45) is 10.9 Å². The lowest BCUT2D eigenvalue weighted by Gasteiger charge is -2.14. The highest BCUT2D eigenvalue weighted by molar-refractivity contribution is 14.0. The van der Waals surface area contributed by atoms with Gasteiger partial charge in [0.1, 0.15) is 5.75 Å². The largest absolute Gasteiger partial charge is 0.496 e. The predicted molar refractivity (Wildman–Crippen MR) is 112 cm³/mol. The third-order valence-corrected chi connectivity index (χ3v) is 3.53. The highest BCUT2D eigenvalue weighted by Gasteiger charge is 2.05. The maximum absolute atomic E-state index is 5.96. The molecule has 0 aliphatic heterocycles. The van der Waals surface area contributed by atoms with E-state index in [0.717, 1.165) is 36.8 Å². The van der Waals surface area contributed by atoms with E-state index in [1.807, 2.05) is 12.1 Å². The van der Waals surface area contributed by atoms with E-state index < -0.39 is 0 Å². The number of rotatable bonds is 9. The molecule has 138 valence electrons. The summed E-state index contributed by atoms with van der Waals surface area (Å²) >= 11 is 5.96. The Balaban J connectivity index is 0.00000529. The number of halogens is 2. The molecule has 1 aromatic rings. The van der Waals surface area contributed by atoms with Crippen molar-refractivity contribution in [1.29, 1.82) is 0 Å². The summed E-state index contributed by atoms with van der Waals surface area (Å²) in [5.74, 6) is 2.17. The van der Waals surface area contributed by atoms with Gasteiger partial charge in [0, 0.05) is 37.3 Å². The van der Waals surface area contributed by atoms with Gasteiger partial charge in [0.25, 0.3) is 0 Å². The summed E-state index contributed by atoms with van der Waals surface area (Å²) in [4.78, 5) is 4.19. The molecule has 0 aromatic heterocycles. The maximum Gasteiger partial charge on any atom is 0.191 e. The fourth-order valence-electron chi connectivity index (χ4n) is 1.93. The minimum atomic E-state index is 0. The molecule has 0 atom stereocenters. The minimum absolute atomic E-state index is 0. The van der Waals surface area contributed by atoms with E-state index in [0.29, 0.717) is 24.1 Å². The first-order valence-corrected chi connectivity index (χ1v) is 8.29. The smallest absolute Gasteiger partial charge is 0.191 e. The van der Waals surface area contributed by atoms with E-state index in [9.17, 15) is 0 Å². The Labute approximate surface area is 167 Å². The van der Waals surface area contributed by atoms with Gasteiger partial charge in [-0.05, 0) is 24.5 Å². The van der Waals surface area contributed by atoms with Crippen LogP contribution in [0, 0.1) is 5.92 Å². The topological polar surface area (TPSA) is 54.9 Å². The number of hydrogen-bond acceptors (Lipinski definition) is 3. The highest BCUT2D eigenvalue weighted by atomic mass is 127. The number of methoxy groups -OCH3 is 1. The summed E-state index contributed by atoms with van der Waals surface area (Å²) in [5.41, 5.74) is 1.02. The molecule has 7 heteroatoms. The molecule has 1 rings (SSSR count). The molecule has 0 amide bonds. The molecule has 1 aromatic carbocycles. The van der Waals surface area contributed by atoms with Gasteiger partial charge in [-0.25, -0.2) is 0 Å². The quantitative estimate of drug-likeness (QED) is 0.251. The predicted octanol–water partition coefficient (Wildman–Crippen LogP) is 3.69. The summed E-state index contributed by atoms with van der Waals surface area (Å²) in [7, 11) is 3.38. The summed E-state index contributed by atoms with van der Waals surface area (Å²) in [6.07, 6.45) is 1.09. The molecule has 0 spiro atoms. The van der Waals surface area contributed by atoms with Crippen LogP contribution < -0.4 is 15.4 Å². The molecular formula is C17H29ClIN3O2. The normalized spacial score (nSPS) is 11.2. The SMILES string of the molecule is CN=C(NCCOCCC(C)C)NCc1ccc(Cl)cc1OC.I. The Morgan fingerprint density at radius 3 is 2.62 bits per heavy atom. The second-order valence-corrected chi connectivity index (χ2v) is 6.04. The molecule has 24 heavy (non-hydrogen) atoms. The van der Waals surface area contributed by atoms with Crippen molar-refractivity contribution in [3.63, 3.8) is 0 Å². The van der Waals surface area contributed by atoms with Crippen LogP contribution in [0.25, 0.3) is 0 Å². The van der Waals surface area contributed by atoms with Crippen molar-refractivity contribution in [3.8, 4) is 5.75 Å². The number of aliphatic imine (C=N–C) groups is 1. The van der Waals surface area contributed by atoms with Gasteiger partial charge in [0.05, 0.1) is 13.7 Å². The van der Waals surface area contributed by atoms with E-state index in [-0.39, 0.29) is 24.0 Å². The standard InChI is InChI=1S/C17H28ClN3O2.HI/c1-13(2)7-9-23-10-8-20-17(19-3)21-12-14-5-6-15(18)11-16(14)22-4;/h5-6,11,13H,7-10,12H2,1-4H3,(H2,19,20,21);1H. The monoisotopic (exact) mass is 469 g/mol. The van der Waals surface area contributed by atoms with E-state index >= 15 is 0 Å². The Morgan fingerprint density at radius 2 is 2.00 bits per heavy atom. The van der Waals surface area contributed by atoms with Gasteiger partial charge >= 0.3 is 0 Å². The first-order valence-electron chi connectivity index (χ1n) is 7.91. The highest BCUT2D eigenvalue weighted by Crippen LogP contribution is 2.22. The third-order valence-electron chi connectivity index (χ3n) is 3.30. The van der Waals surface area contributed by atoms with Crippen molar-refractivity contribution < 1.29 is 9.47 Å². The number of ether oxygens (including phenoxy) is 2.